The number of rotatable bonds is 5. The predicted molar refractivity (Wildman–Crippen MR) is 81.9 cm³/mol. The van der Waals surface area contributed by atoms with Crippen LogP contribution < -0.4 is 10.6 Å². The van der Waals surface area contributed by atoms with Crippen LogP contribution in [0.1, 0.15) is 24.0 Å². The summed E-state index contributed by atoms with van der Waals surface area (Å²) in [4.78, 5) is 11.6. The van der Waals surface area contributed by atoms with Crippen molar-refractivity contribution in [2.75, 3.05) is 10.6 Å². The number of aromatic nitrogens is 2. The molecule has 3 rings (SSSR count). The van der Waals surface area contributed by atoms with E-state index in [2.05, 4.69) is 52.0 Å². The fourth-order valence-corrected chi connectivity index (χ4v) is 1.97. The molecule has 1 amide bonds. The molecule has 5 nitrogen and oxygen atoms in total. The quantitative estimate of drug-likeness (QED) is 0.885. The monoisotopic (exact) mass is 282 g/mol. The van der Waals surface area contributed by atoms with Gasteiger partial charge in [-0.25, -0.2) is 0 Å². The molecule has 0 unspecified atom stereocenters. The van der Waals surface area contributed by atoms with E-state index < -0.39 is 0 Å². The minimum absolute atomic E-state index is 0.0460. The molecule has 1 heterocycles. The van der Waals surface area contributed by atoms with Crippen LogP contribution in [0.3, 0.4) is 0 Å². The maximum atomic E-state index is 11.6. The molecule has 1 aliphatic rings. The molecule has 21 heavy (non-hydrogen) atoms. The van der Waals surface area contributed by atoms with Gasteiger partial charge in [0, 0.05) is 12.5 Å². The molecule has 1 aliphatic carbocycles. The Morgan fingerprint density at radius 2 is 1.76 bits per heavy atom. The van der Waals surface area contributed by atoms with Crippen molar-refractivity contribution in [1.29, 1.82) is 0 Å². The van der Waals surface area contributed by atoms with E-state index in [-0.39, 0.29) is 11.8 Å². The number of aryl methyl sites for hydroxylation is 1. The highest BCUT2D eigenvalue weighted by molar-refractivity contribution is 5.93. The van der Waals surface area contributed by atoms with Crippen LogP contribution in [0, 0.1) is 12.8 Å². The van der Waals surface area contributed by atoms with E-state index in [0.717, 1.165) is 12.8 Å². The van der Waals surface area contributed by atoms with Gasteiger partial charge in [-0.1, -0.05) is 29.8 Å². The molecule has 1 aromatic carbocycles. The SMILES string of the molecule is Cc1ccc(CNc2ccc(NC(=O)C3CC3)nn2)cc1. The van der Waals surface area contributed by atoms with Gasteiger partial charge < -0.3 is 10.6 Å². The zero-order chi connectivity index (χ0) is 14.7. The number of nitrogens with one attached hydrogen (secondary N) is 2. The smallest absolute Gasteiger partial charge is 0.228 e. The van der Waals surface area contributed by atoms with Gasteiger partial charge in [0.2, 0.25) is 5.91 Å². The van der Waals surface area contributed by atoms with Crippen molar-refractivity contribution in [3.05, 3.63) is 47.5 Å². The van der Waals surface area contributed by atoms with Crippen LogP contribution in [0.5, 0.6) is 0 Å². The van der Waals surface area contributed by atoms with Crippen molar-refractivity contribution >= 4 is 17.5 Å². The third kappa shape index (κ3) is 3.78. The molecule has 1 fully saturated rings. The number of benzene rings is 1. The highest BCUT2D eigenvalue weighted by atomic mass is 16.2. The molecule has 2 aromatic rings. The summed E-state index contributed by atoms with van der Waals surface area (Å²) in [5.74, 6) is 1.42. The van der Waals surface area contributed by atoms with E-state index >= 15 is 0 Å². The molecular formula is C16H18N4O. The molecule has 1 saturated carbocycles. The molecule has 0 radical (unpaired) electrons. The molecule has 0 saturated heterocycles. The molecule has 0 atom stereocenters. The van der Waals surface area contributed by atoms with Crippen LogP contribution in [0.15, 0.2) is 36.4 Å². The van der Waals surface area contributed by atoms with Crippen molar-refractivity contribution in [2.45, 2.75) is 26.3 Å². The highest BCUT2D eigenvalue weighted by Gasteiger charge is 2.29. The molecular weight excluding hydrogens is 264 g/mol. The van der Waals surface area contributed by atoms with E-state index in [1.807, 2.05) is 6.07 Å². The van der Waals surface area contributed by atoms with Gasteiger partial charge in [-0.2, -0.15) is 0 Å². The molecule has 0 bridgehead atoms. The second-order valence-electron chi connectivity index (χ2n) is 5.41. The van der Waals surface area contributed by atoms with Gasteiger partial charge in [-0.15, -0.1) is 10.2 Å². The summed E-state index contributed by atoms with van der Waals surface area (Å²) in [6.45, 7) is 2.76. The van der Waals surface area contributed by atoms with Crippen LogP contribution in [-0.4, -0.2) is 16.1 Å². The molecule has 1 aromatic heterocycles. The highest BCUT2D eigenvalue weighted by Crippen LogP contribution is 2.29. The Hall–Kier alpha value is -2.43. The lowest BCUT2D eigenvalue weighted by atomic mass is 10.1. The van der Waals surface area contributed by atoms with Gasteiger partial charge in [0.25, 0.3) is 0 Å². The number of hydrogen-bond acceptors (Lipinski definition) is 4. The number of carbonyl (C=O) groups excluding carboxylic acids is 1. The van der Waals surface area contributed by atoms with Crippen molar-refractivity contribution in [1.82, 2.24) is 10.2 Å². The normalized spacial score (nSPS) is 13.8. The van der Waals surface area contributed by atoms with E-state index in [1.54, 1.807) is 6.07 Å². The van der Waals surface area contributed by atoms with Gasteiger partial charge in [0.15, 0.2) is 5.82 Å². The van der Waals surface area contributed by atoms with Gasteiger partial charge in [-0.3, -0.25) is 4.79 Å². The minimum Gasteiger partial charge on any atom is -0.365 e. The minimum atomic E-state index is 0.0460. The Morgan fingerprint density at radius 3 is 2.38 bits per heavy atom. The Balaban J connectivity index is 1.54. The molecule has 108 valence electrons. The fourth-order valence-electron chi connectivity index (χ4n) is 1.97. The van der Waals surface area contributed by atoms with Crippen LogP contribution >= 0.6 is 0 Å². The first-order chi connectivity index (χ1) is 10.2. The Bertz CT molecular complexity index is 618. The van der Waals surface area contributed by atoms with Gasteiger partial charge in [-0.05, 0) is 37.5 Å². The lowest BCUT2D eigenvalue weighted by Crippen LogP contribution is -2.15. The van der Waals surface area contributed by atoms with Crippen molar-refractivity contribution < 1.29 is 4.79 Å². The first-order valence-corrected chi connectivity index (χ1v) is 7.15. The molecule has 2 N–H and O–H groups in total. The second-order valence-corrected chi connectivity index (χ2v) is 5.41. The average molecular weight is 282 g/mol. The van der Waals surface area contributed by atoms with Crippen molar-refractivity contribution in [2.24, 2.45) is 5.92 Å². The largest absolute Gasteiger partial charge is 0.365 e. The van der Waals surface area contributed by atoms with E-state index in [9.17, 15) is 4.79 Å². The summed E-state index contributed by atoms with van der Waals surface area (Å²) >= 11 is 0. The summed E-state index contributed by atoms with van der Waals surface area (Å²) < 4.78 is 0. The number of hydrogen-bond donors (Lipinski definition) is 2. The lowest BCUT2D eigenvalue weighted by Gasteiger charge is -2.07. The number of carbonyl (C=O) groups is 1. The van der Waals surface area contributed by atoms with E-state index in [4.69, 9.17) is 0 Å². The summed E-state index contributed by atoms with van der Waals surface area (Å²) in [7, 11) is 0. The number of amides is 1. The third-order valence-electron chi connectivity index (χ3n) is 3.46. The topological polar surface area (TPSA) is 66.9 Å². The summed E-state index contributed by atoms with van der Waals surface area (Å²) in [6, 6.07) is 11.9. The van der Waals surface area contributed by atoms with Gasteiger partial charge in [0.05, 0.1) is 0 Å². The second kappa shape index (κ2) is 5.91. The average Bonchev–Trinajstić information content (AvgIpc) is 3.33. The summed E-state index contributed by atoms with van der Waals surface area (Å²) in [6.07, 6.45) is 1.96. The van der Waals surface area contributed by atoms with Crippen LogP contribution in [0.4, 0.5) is 11.6 Å². The first-order valence-electron chi connectivity index (χ1n) is 7.15. The summed E-state index contributed by atoms with van der Waals surface area (Å²) in [5.41, 5.74) is 2.43. The number of nitrogens with zero attached hydrogens (tertiary/aromatic N) is 2. The Labute approximate surface area is 123 Å². The van der Waals surface area contributed by atoms with E-state index in [1.165, 1.54) is 11.1 Å². The van der Waals surface area contributed by atoms with Crippen molar-refractivity contribution in [3.8, 4) is 0 Å². The van der Waals surface area contributed by atoms with Crippen LogP contribution in [0.2, 0.25) is 0 Å². The predicted octanol–water partition coefficient (Wildman–Crippen LogP) is 2.75. The summed E-state index contributed by atoms with van der Waals surface area (Å²) in [5, 5.41) is 14.1. The Morgan fingerprint density at radius 1 is 1.10 bits per heavy atom. The maximum Gasteiger partial charge on any atom is 0.228 e. The van der Waals surface area contributed by atoms with Crippen LogP contribution in [0.25, 0.3) is 0 Å². The van der Waals surface area contributed by atoms with Gasteiger partial charge >= 0.3 is 0 Å². The zero-order valence-corrected chi connectivity index (χ0v) is 12.0. The lowest BCUT2D eigenvalue weighted by molar-refractivity contribution is -0.117. The maximum absolute atomic E-state index is 11.6. The third-order valence-corrected chi connectivity index (χ3v) is 3.46. The fraction of sp³-hybridized carbons (Fsp3) is 0.312. The molecule has 0 spiro atoms. The van der Waals surface area contributed by atoms with Gasteiger partial charge in [0.1, 0.15) is 5.82 Å². The Kier molecular flexibility index (Phi) is 3.81. The molecule has 5 heteroatoms. The number of anilines is 2. The van der Waals surface area contributed by atoms with E-state index in [0.29, 0.717) is 18.2 Å². The molecule has 0 aliphatic heterocycles. The first kappa shape index (κ1) is 13.5. The van der Waals surface area contributed by atoms with Crippen molar-refractivity contribution in [3.63, 3.8) is 0 Å². The van der Waals surface area contributed by atoms with Crippen LogP contribution in [-0.2, 0) is 11.3 Å². The zero-order valence-electron chi connectivity index (χ0n) is 12.0. The standard InChI is InChI=1S/C16H18N4O/c1-11-2-4-12(5-3-11)10-17-14-8-9-15(20-19-14)18-16(21)13-6-7-13/h2-5,8-9,13H,6-7,10H2,1H3,(H,17,19)(H,18,20,21).